The average Bonchev–Trinajstić information content (AvgIpc) is 2.91. The summed E-state index contributed by atoms with van der Waals surface area (Å²) in [6, 6.07) is 5.09. The summed E-state index contributed by atoms with van der Waals surface area (Å²) in [5, 5.41) is 2.71. The molecule has 0 saturated carbocycles. The average molecular weight is 306 g/mol. The van der Waals surface area contributed by atoms with Crippen molar-refractivity contribution in [2.75, 3.05) is 13.8 Å². The zero-order valence-electron chi connectivity index (χ0n) is 13.4. The molecule has 1 N–H and O–H groups in total. The maximum Gasteiger partial charge on any atom is 0.245 e. The normalized spacial score (nSPS) is 13.9. The summed E-state index contributed by atoms with van der Waals surface area (Å²) < 4.78 is 10.6. The van der Waals surface area contributed by atoms with E-state index >= 15 is 0 Å². The summed E-state index contributed by atoms with van der Waals surface area (Å²) >= 11 is 0. The third kappa shape index (κ3) is 3.69. The fourth-order valence-corrected chi connectivity index (χ4v) is 2.36. The minimum absolute atomic E-state index is 0.0237. The quantitative estimate of drug-likeness (QED) is 0.896. The first-order valence-corrected chi connectivity index (χ1v) is 7.29. The molecular weight excluding hydrogens is 284 g/mol. The fourth-order valence-electron chi connectivity index (χ4n) is 2.36. The summed E-state index contributed by atoms with van der Waals surface area (Å²) in [6.07, 6.45) is 0. The highest BCUT2D eigenvalue weighted by Gasteiger charge is 2.26. The predicted octanol–water partition coefficient (Wildman–Crippen LogP) is 1.53. The molecule has 0 spiro atoms. The number of nitrogens with zero attached hydrogens (tertiary/aromatic N) is 1. The largest absolute Gasteiger partial charge is 0.454 e. The van der Waals surface area contributed by atoms with Crippen LogP contribution in [0.25, 0.3) is 0 Å². The standard InChI is InChI=1S/C16H22N2O4/c1-10(2)15(17-11(3)19)16(20)18(4)8-12-5-6-13-14(7-12)22-9-21-13/h5-7,10,15H,8-9H2,1-4H3,(H,17,19). The summed E-state index contributed by atoms with van der Waals surface area (Å²) in [4.78, 5) is 25.4. The molecule has 22 heavy (non-hydrogen) atoms. The Balaban J connectivity index is 2.05. The molecule has 0 fully saturated rings. The second-order valence-electron chi connectivity index (χ2n) is 5.80. The fraction of sp³-hybridized carbons (Fsp3) is 0.500. The molecule has 0 radical (unpaired) electrons. The van der Waals surface area contributed by atoms with E-state index in [1.165, 1.54) is 6.92 Å². The Kier molecular flexibility index (Phi) is 4.90. The lowest BCUT2D eigenvalue weighted by molar-refractivity contribution is -0.136. The highest BCUT2D eigenvalue weighted by atomic mass is 16.7. The highest BCUT2D eigenvalue weighted by molar-refractivity contribution is 5.86. The van der Waals surface area contributed by atoms with E-state index in [0.29, 0.717) is 12.3 Å². The van der Waals surface area contributed by atoms with Crippen molar-refractivity contribution in [2.45, 2.75) is 33.4 Å². The number of rotatable bonds is 5. The van der Waals surface area contributed by atoms with Gasteiger partial charge in [0.2, 0.25) is 18.6 Å². The molecule has 120 valence electrons. The summed E-state index contributed by atoms with van der Waals surface area (Å²) in [5.41, 5.74) is 0.949. The first-order valence-electron chi connectivity index (χ1n) is 7.29. The molecule has 2 rings (SSSR count). The third-order valence-corrected chi connectivity index (χ3v) is 3.52. The van der Waals surface area contributed by atoms with E-state index in [2.05, 4.69) is 5.32 Å². The number of amides is 2. The molecule has 0 saturated heterocycles. The van der Waals surface area contributed by atoms with E-state index < -0.39 is 6.04 Å². The zero-order valence-corrected chi connectivity index (χ0v) is 13.4. The van der Waals surface area contributed by atoms with Crippen molar-refractivity contribution in [1.29, 1.82) is 0 Å². The van der Waals surface area contributed by atoms with Gasteiger partial charge in [0, 0.05) is 20.5 Å². The molecular formula is C16H22N2O4. The van der Waals surface area contributed by atoms with E-state index in [1.54, 1.807) is 11.9 Å². The van der Waals surface area contributed by atoms with Gasteiger partial charge in [0.1, 0.15) is 6.04 Å². The molecule has 6 nitrogen and oxygen atoms in total. The van der Waals surface area contributed by atoms with Crippen LogP contribution in [0, 0.1) is 5.92 Å². The first-order chi connectivity index (χ1) is 10.4. The Morgan fingerprint density at radius 3 is 2.59 bits per heavy atom. The van der Waals surface area contributed by atoms with Crippen LogP contribution in [-0.2, 0) is 16.1 Å². The van der Waals surface area contributed by atoms with Gasteiger partial charge >= 0.3 is 0 Å². The summed E-state index contributed by atoms with van der Waals surface area (Å²) in [7, 11) is 1.73. The lowest BCUT2D eigenvalue weighted by Crippen LogP contribution is -2.49. The van der Waals surface area contributed by atoms with Crippen molar-refractivity contribution in [1.82, 2.24) is 10.2 Å². The lowest BCUT2D eigenvalue weighted by Gasteiger charge is -2.26. The van der Waals surface area contributed by atoms with Crippen LogP contribution in [0.1, 0.15) is 26.3 Å². The van der Waals surface area contributed by atoms with E-state index in [4.69, 9.17) is 9.47 Å². The van der Waals surface area contributed by atoms with Gasteiger partial charge in [0.15, 0.2) is 11.5 Å². The van der Waals surface area contributed by atoms with E-state index in [0.717, 1.165) is 11.3 Å². The van der Waals surface area contributed by atoms with Gasteiger partial charge in [-0.25, -0.2) is 0 Å². The Hall–Kier alpha value is -2.24. The van der Waals surface area contributed by atoms with Crippen molar-refractivity contribution in [2.24, 2.45) is 5.92 Å². The number of hydrogen-bond donors (Lipinski definition) is 1. The second-order valence-corrected chi connectivity index (χ2v) is 5.80. The van der Waals surface area contributed by atoms with Gasteiger partial charge in [-0.1, -0.05) is 19.9 Å². The summed E-state index contributed by atoms with van der Waals surface area (Å²) in [6.45, 7) is 5.91. The van der Waals surface area contributed by atoms with Crippen LogP contribution in [0.4, 0.5) is 0 Å². The molecule has 6 heteroatoms. The van der Waals surface area contributed by atoms with Crippen LogP contribution in [0.2, 0.25) is 0 Å². The topological polar surface area (TPSA) is 67.9 Å². The van der Waals surface area contributed by atoms with E-state index in [-0.39, 0.29) is 24.5 Å². The molecule has 1 unspecified atom stereocenters. The van der Waals surface area contributed by atoms with Gasteiger partial charge in [-0.05, 0) is 23.6 Å². The number of likely N-dealkylation sites (N-methyl/N-ethyl adjacent to an activating group) is 1. The Morgan fingerprint density at radius 2 is 1.95 bits per heavy atom. The molecule has 1 atom stereocenters. The second kappa shape index (κ2) is 6.68. The minimum atomic E-state index is -0.517. The predicted molar refractivity (Wildman–Crippen MR) is 81.5 cm³/mol. The molecule has 1 aliphatic heterocycles. The number of carbonyl (C=O) groups excluding carboxylic acids is 2. The molecule has 1 aliphatic rings. The molecule has 1 aromatic carbocycles. The van der Waals surface area contributed by atoms with Crippen molar-refractivity contribution < 1.29 is 19.1 Å². The van der Waals surface area contributed by atoms with Crippen molar-refractivity contribution >= 4 is 11.8 Å². The van der Waals surface area contributed by atoms with Crippen molar-refractivity contribution in [3.8, 4) is 11.5 Å². The van der Waals surface area contributed by atoms with Gasteiger partial charge in [-0.15, -0.1) is 0 Å². The minimum Gasteiger partial charge on any atom is -0.454 e. The Morgan fingerprint density at radius 1 is 1.27 bits per heavy atom. The maximum absolute atomic E-state index is 12.5. The summed E-state index contributed by atoms with van der Waals surface area (Å²) in [5.74, 6) is 1.12. The van der Waals surface area contributed by atoms with Crippen LogP contribution >= 0.6 is 0 Å². The smallest absolute Gasteiger partial charge is 0.245 e. The molecule has 2 amide bonds. The molecule has 1 aromatic rings. The van der Waals surface area contributed by atoms with Crippen molar-refractivity contribution in [3.63, 3.8) is 0 Å². The number of carbonyl (C=O) groups is 2. The molecule has 0 bridgehead atoms. The zero-order chi connectivity index (χ0) is 16.3. The molecule has 0 aliphatic carbocycles. The number of fused-ring (bicyclic) bond motifs is 1. The SMILES string of the molecule is CC(=O)NC(C(=O)N(C)Cc1ccc2c(c1)OCO2)C(C)C. The van der Waals surface area contributed by atoms with Crippen LogP contribution in [0.5, 0.6) is 11.5 Å². The monoisotopic (exact) mass is 306 g/mol. The van der Waals surface area contributed by atoms with Gasteiger partial charge in [0.25, 0.3) is 0 Å². The first kappa shape index (κ1) is 16.1. The van der Waals surface area contributed by atoms with Gasteiger partial charge in [-0.2, -0.15) is 0 Å². The van der Waals surface area contributed by atoms with Crippen LogP contribution < -0.4 is 14.8 Å². The third-order valence-electron chi connectivity index (χ3n) is 3.52. The van der Waals surface area contributed by atoms with Gasteiger partial charge < -0.3 is 19.7 Å². The Bertz CT molecular complexity index is 571. The number of benzene rings is 1. The van der Waals surface area contributed by atoms with Crippen LogP contribution in [0.3, 0.4) is 0 Å². The maximum atomic E-state index is 12.5. The number of hydrogen-bond acceptors (Lipinski definition) is 4. The van der Waals surface area contributed by atoms with E-state index in [1.807, 2.05) is 32.0 Å². The highest BCUT2D eigenvalue weighted by Crippen LogP contribution is 2.32. The van der Waals surface area contributed by atoms with E-state index in [9.17, 15) is 9.59 Å². The number of ether oxygens (including phenoxy) is 2. The molecule has 1 heterocycles. The lowest BCUT2D eigenvalue weighted by atomic mass is 10.0. The number of nitrogens with one attached hydrogen (secondary N) is 1. The van der Waals surface area contributed by atoms with Gasteiger partial charge in [-0.3, -0.25) is 9.59 Å². The van der Waals surface area contributed by atoms with Crippen LogP contribution in [0.15, 0.2) is 18.2 Å². The Labute approximate surface area is 130 Å². The van der Waals surface area contributed by atoms with Crippen LogP contribution in [-0.4, -0.2) is 36.6 Å². The van der Waals surface area contributed by atoms with Gasteiger partial charge in [0.05, 0.1) is 0 Å². The van der Waals surface area contributed by atoms with Crippen molar-refractivity contribution in [3.05, 3.63) is 23.8 Å². The molecule has 0 aromatic heterocycles.